The van der Waals surface area contributed by atoms with E-state index < -0.39 is 0 Å². The fraction of sp³-hybridized carbons (Fsp3) is 0.533. The van der Waals surface area contributed by atoms with Crippen LogP contribution >= 0.6 is 0 Å². The summed E-state index contributed by atoms with van der Waals surface area (Å²) < 4.78 is 21.6. The first-order valence-electron chi connectivity index (χ1n) is 6.99. The molecule has 2 fully saturated rings. The van der Waals surface area contributed by atoms with Crippen LogP contribution in [0.4, 0.5) is 0 Å². The summed E-state index contributed by atoms with van der Waals surface area (Å²) in [7, 11) is 0. The zero-order valence-corrected chi connectivity index (χ0v) is 11.2. The van der Waals surface area contributed by atoms with Crippen LogP contribution < -0.4 is 9.47 Å². The third kappa shape index (κ3) is 1.93. The third-order valence-electron chi connectivity index (χ3n) is 3.95. The van der Waals surface area contributed by atoms with E-state index in [9.17, 15) is 4.79 Å². The van der Waals surface area contributed by atoms with E-state index in [1.165, 1.54) is 0 Å². The van der Waals surface area contributed by atoms with E-state index in [-0.39, 0.29) is 30.0 Å². The number of esters is 1. The van der Waals surface area contributed by atoms with Crippen molar-refractivity contribution in [1.29, 1.82) is 0 Å². The largest absolute Gasteiger partial charge is 0.491 e. The molecule has 0 radical (unpaired) electrons. The molecule has 1 saturated carbocycles. The fourth-order valence-corrected chi connectivity index (χ4v) is 2.80. The molecule has 2 heterocycles. The van der Waals surface area contributed by atoms with Crippen molar-refractivity contribution in [2.24, 2.45) is 5.92 Å². The van der Waals surface area contributed by atoms with Gasteiger partial charge in [-0.05, 0) is 25.1 Å². The first-order chi connectivity index (χ1) is 9.78. The van der Waals surface area contributed by atoms with Crippen LogP contribution in [-0.2, 0) is 14.3 Å². The quantitative estimate of drug-likeness (QED) is 0.602. The lowest BCUT2D eigenvalue weighted by atomic mass is 10.1. The van der Waals surface area contributed by atoms with Crippen molar-refractivity contribution in [2.75, 3.05) is 19.8 Å². The molecule has 1 aliphatic carbocycles. The Kier molecular flexibility index (Phi) is 2.63. The van der Waals surface area contributed by atoms with E-state index >= 15 is 0 Å². The summed E-state index contributed by atoms with van der Waals surface area (Å²) in [5.41, 5.74) is 1.06. The molecular formula is C15H16O5. The number of hydrogen-bond donors (Lipinski definition) is 0. The molecule has 4 rings (SSSR count). The molecule has 20 heavy (non-hydrogen) atoms. The summed E-state index contributed by atoms with van der Waals surface area (Å²) >= 11 is 0. The summed E-state index contributed by atoms with van der Waals surface area (Å²) in [6.45, 7) is 3.58. The molecule has 0 N–H and O–H groups in total. The van der Waals surface area contributed by atoms with Crippen LogP contribution in [0.1, 0.15) is 18.4 Å². The number of hydrogen-bond acceptors (Lipinski definition) is 5. The van der Waals surface area contributed by atoms with Crippen molar-refractivity contribution in [1.82, 2.24) is 0 Å². The van der Waals surface area contributed by atoms with E-state index in [0.29, 0.717) is 13.2 Å². The van der Waals surface area contributed by atoms with E-state index in [0.717, 1.165) is 23.7 Å². The Balaban J connectivity index is 1.48. The lowest BCUT2D eigenvalue weighted by Gasteiger charge is -2.10. The van der Waals surface area contributed by atoms with Gasteiger partial charge in [-0.25, -0.2) is 0 Å². The van der Waals surface area contributed by atoms with Crippen LogP contribution in [-0.4, -0.2) is 38.0 Å². The number of carbonyl (C=O) groups is 1. The highest BCUT2D eigenvalue weighted by Gasteiger charge is 2.63. The molecular weight excluding hydrogens is 260 g/mol. The highest BCUT2D eigenvalue weighted by atomic mass is 16.6. The standard InChI is InChI=1S/C15H16O5/c1-2-17-15(16)13-12-10-5-8(18-6-9-7-19-9)3-4-11(10)20-14(12)13/h3-5,9,12-14H,2,6-7H2,1H3. The molecule has 4 unspecified atom stereocenters. The van der Waals surface area contributed by atoms with Crippen molar-refractivity contribution < 1.29 is 23.7 Å². The SMILES string of the molecule is CCOC(=O)C1C2Oc3ccc(OCC4CO4)cc3C21. The molecule has 1 aromatic carbocycles. The summed E-state index contributed by atoms with van der Waals surface area (Å²) in [5, 5.41) is 0. The predicted octanol–water partition coefficient (Wildman–Crippen LogP) is 1.50. The topological polar surface area (TPSA) is 57.3 Å². The molecule has 4 atom stereocenters. The van der Waals surface area contributed by atoms with Gasteiger partial charge in [-0.15, -0.1) is 0 Å². The molecule has 0 amide bonds. The van der Waals surface area contributed by atoms with Crippen LogP contribution in [0.15, 0.2) is 18.2 Å². The highest BCUT2D eigenvalue weighted by Crippen LogP contribution is 2.59. The molecule has 5 nitrogen and oxygen atoms in total. The Morgan fingerprint density at radius 3 is 3.05 bits per heavy atom. The number of benzene rings is 1. The average Bonchev–Trinajstić information content (AvgIpc) is 3.34. The maximum Gasteiger partial charge on any atom is 0.313 e. The van der Waals surface area contributed by atoms with E-state index in [1.807, 2.05) is 25.1 Å². The van der Waals surface area contributed by atoms with E-state index in [2.05, 4.69) is 0 Å². The highest BCUT2D eigenvalue weighted by molar-refractivity contribution is 5.80. The van der Waals surface area contributed by atoms with Gasteiger partial charge in [-0.3, -0.25) is 4.79 Å². The molecule has 1 aromatic rings. The minimum absolute atomic E-state index is 0.0499. The van der Waals surface area contributed by atoms with Crippen molar-refractivity contribution in [3.63, 3.8) is 0 Å². The Hall–Kier alpha value is -1.75. The van der Waals surface area contributed by atoms with Crippen LogP contribution in [0.25, 0.3) is 0 Å². The normalized spacial score (nSPS) is 31.9. The third-order valence-corrected chi connectivity index (χ3v) is 3.95. The lowest BCUT2D eigenvalue weighted by Crippen LogP contribution is -2.13. The Morgan fingerprint density at radius 2 is 2.30 bits per heavy atom. The maximum atomic E-state index is 11.8. The van der Waals surface area contributed by atoms with Gasteiger partial charge in [-0.2, -0.15) is 0 Å². The summed E-state index contributed by atoms with van der Waals surface area (Å²) in [5.74, 6) is 1.48. The average molecular weight is 276 g/mol. The van der Waals surface area contributed by atoms with Crippen molar-refractivity contribution in [2.45, 2.75) is 25.0 Å². The maximum absolute atomic E-state index is 11.8. The van der Waals surface area contributed by atoms with Gasteiger partial charge in [0.15, 0.2) is 0 Å². The lowest BCUT2D eigenvalue weighted by molar-refractivity contribution is -0.145. The molecule has 3 aliphatic rings. The molecule has 106 valence electrons. The molecule has 0 aromatic heterocycles. The molecule has 2 aliphatic heterocycles. The molecule has 1 saturated heterocycles. The Bertz CT molecular complexity index is 551. The smallest absolute Gasteiger partial charge is 0.313 e. The van der Waals surface area contributed by atoms with E-state index in [4.69, 9.17) is 18.9 Å². The van der Waals surface area contributed by atoms with Gasteiger partial charge in [0, 0.05) is 11.5 Å². The van der Waals surface area contributed by atoms with E-state index in [1.54, 1.807) is 0 Å². The zero-order valence-electron chi connectivity index (χ0n) is 11.2. The Morgan fingerprint density at radius 1 is 1.45 bits per heavy atom. The number of ether oxygens (including phenoxy) is 4. The first-order valence-corrected chi connectivity index (χ1v) is 6.99. The second-order valence-electron chi connectivity index (χ2n) is 5.35. The van der Waals surface area contributed by atoms with Crippen molar-refractivity contribution >= 4 is 5.97 Å². The van der Waals surface area contributed by atoms with Crippen LogP contribution in [0.2, 0.25) is 0 Å². The van der Waals surface area contributed by atoms with Crippen LogP contribution in [0.3, 0.4) is 0 Å². The number of fused-ring (bicyclic) bond motifs is 3. The summed E-state index contributed by atoms with van der Waals surface area (Å²) in [6.07, 6.45) is 0.187. The van der Waals surface area contributed by atoms with Crippen LogP contribution in [0, 0.1) is 5.92 Å². The summed E-state index contributed by atoms with van der Waals surface area (Å²) in [4.78, 5) is 11.8. The molecule has 0 spiro atoms. The predicted molar refractivity (Wildman–Crippen MR) is 69.0 cm³/mol. The van der Waals surface area contributed by atoms with Gasteiger partial charge in [0.1, 0.15) is 36.2 Å². The number of carbonyl (C=O) groups excluding carboxylic acids is 1. The van der Waals surface area contributed by atoms with Crippen LogP contribution in [0.5, 0.6) is 11.5 Å². The number of rotatable bonds is 5. The Labute approximate surface area is 116 Å². The monoisotopic (exact) mass is 276 g/mol. The van der Waals surface area contributed by atoms with Gasteiger partial charge in [0.25, 0.3) is 0 Å². The van der Waals surface area contributed by atoms with Crippen molar-refractivity contribution in [3.05, 3.63) is 23.8 Å². The van der Waals surface area contributed by atoms with Gasteiger partial charge < -0.3 is 18.9 Å². The van der Waals surface area contributed by atoms with Gasteiger partial charge in [0.05, 0.1) is 13.2 Å². The molecule has 5 heteroatoms. The molecule has 0 bridgehead atoms. The second kappa shape index (κ2) is 4.38. The zero-order chi connectivity index (χ0) is 13.7. The second-order valence-corrected chi connectivity index (χ2v) is 5.35. The first kappa shape index (κ1) is 12.0. The number of epoxide rings is 1. The van der Waals surface area contributed by atoms with Gasteiger partial charge in [0.2, 0.25) is 0 Å². The summed E-state index contributed by atoms with van der Waals surface area (Å²) in [6, 6.07) is 5.78. The van der Waals surface area contributed by atoms with Gasteiger partial charge in [-0.1, -0.05) is 0 Å². The minimum atomic E-state index is -0.161. The van der Waals surface area contributed by atoms with Gasteiger partial charge >= 0.3 is 5.97 Å². The van der Waals surface area contributed by atoms with Crippen molar-refractivity contribution in [3.8, 4) is 11.5 Å². The minimum Gasteiger partial charge on any atom is -0.491 e. The fourth-order valence-electron chi connectivity index (χ4n) is 2.80.